The summed E-state index contributed by atoms with van der Waals surface area (Å²) in [7, 11) is 1.55. The second-order valence-electron chi connectivity index (χ2n) is 5.35. The molecule has 0 saturated heterocycles. The molecule has 0 bridgehead atoms. The van der Waals surface area contributed by atoms with Crippen molar-refractivity contribution >= 4 is 5.91 Å². The predicted molar refractivity (Wildman–Crippen MR) is 74.8 cm³/mol. The van der Waals surface area contributed by atoms with Gasteiger partial charge in [0.05, 0.1) is 12.7 Å². The van der Waals surface area contributed by atoms with E-state index in [0.717, 1.165) is 12.8 Å². The largest absolute Gasteiger partial charge is 0.493 e. The maximum Gasteiger partial charge on any atom is 0.258 e. The van der Waals surface area contributed by atoms with Crippen LogP contribution < -0.4 is 14.8 Å². The lowest BCUT2D eigenvalue weighted by Crippen LogP contribution is -2.43. The van der Waals surface area contributed by atoms with Gasteiger partial charge in [-0.25, -0.2) is 0 Å². The van der Waals surface area contributed by atoms with E-state index >= 15 is 0 Å². The van der Waals surface area contributed by atoms with E-state index in [0.29, 0.717) is 17.4 Å². The molecule has 0 aliphatic heterocycles. The Morgan fingerprint density at radius 3 is 2.65 bits per heavy atom. The maximum atomic E-state index is 11.7. The normalized spacial score (nSPS) is 17.1. The van der Waals surface area contributed by atoms with E-state index < -0.39 is 5.60 Å². The molecule has 1 aliphatic rings. The van der Waals surface area contributed by atoms with Crippen LogP contribution in [0, 0.1) is 5.92 Å². The van der Waals surface area contributed by atoms with Gasteiger partial charge in [0.2, 0.25) is 0 Å². The van der Waals surface area contributed by atoms with Crippen molar-refractivity contribution in [1.82, 2.24) is 5.32 Å². The number of carbonyl (C=O) groups excluding carboxylic acids is 1. The number of ether oxygens (including phenoxy) is 2. The Bertz CT molecular complexity index is 469. The fourth-order valence-electron chi connectivity index (χ4n) is 2.06. The van der Waals surface area contributed by atoms with Gasteiger partial charge >= 0.3 is 0 Å². The molecule has 1 unspecified atom stereocenters. The molecule has 5 nitrogen and oxygen atoms in total. The van der Waals surface area contributed by atoms with Gasteiger partial charge < -0.3 is 19.9 Å². The third kappa shape index (κ3) is 3.87. The van der Waals surface area contributed by atoms with Crippen molar-refractivity contribution in [3.8, 4) is 11.5 Å². The summed E-state index contributed by atoms with van der Waals surface area (Å²) in [6.45, 7) is 1.92. The van der Waals surface area contributed by atoms with Crippen LogP contribution in [0.3, 0.4) is 0 Å². The highest BCUT2D eigenvalue weighted by atomic mass is 16.5. The first-order valence-electron chi connectivity index (χ1n) is 6.78. The maximum absolute atomic E-state index is 11.7. The SMILES string of the molecule is COc1ccccc1OCC(=O)NCC(C)(O)C1CC1. The highest BCUT2D eigenvalue weighted by molar-refractivity contribution is 5.77. The third-order valence-electron chi connectivity index (χ3n) is 3.53. The van der Waals surface area contributed by atoms with E-state index in [2.05, 4.69) is 5.32 Å². The molecule has 1 fully saturated rings. The Morgan fingerprint density at radius 1 is 1.40 bits per heavy atom. The minimum atomic E-state index is -0.819. The van der Waals surface area contributed by atoms with Crippen molar-refractivity contribution in [3.05, 3.63) is 24.3 Å². The second kappa shape index (κ2) is 6.13. The van der Waals surface area contributed by atoms with E-state index in [1.807, 2.05) is 12.1 Å². The topological polar surface area (TPSA) is 67.8 Å². The van der Waals surface area contributed by atoms with E-state index in [1.165, 1.54) is 0 Å². The molecule has 0 radical (unpaired) electrons. The van der Waals surface area contributed by atoms with Crippen molar-refractivity contribution in [3.63, 3.8) is 0 Å². The summed E-state index contributed by atoms with van der Waals surface area (Å²) in [5.74, 6) is 1.17. The second-order valence-corrected chi connectivity index (χ2v) is 5.35. The van der Waals surface area contributed by atoms with E-state index in [4.69, 9.17) is 9.47 Å². The third-order valence-corrected chi connectivity index (χ3v) is 3.53. The Kier molecular flexibility index (Phi) is 4.49. The number of carbonyl (C=O) groups is 1. The number of hydrogen-bond donors (Lipinski definition) is 2. The summed E-state index contributed by atoms with van der Waals surface area (Å²) in [6, 6.07) is 7.16. The zero-order valence-corrected chi connectivity index (χ0v) is 11.9. The monoisotopic (exact) mass is 279 g/mol. The lowest BCUT2D eigenvalue weighted by atomic mass is 10.0. The highest BCUT2D eigenvalue weighted by Crippen LogP contribution is 2.38. The fourth-order valence-corrected chi connectivity index (χ4v) is 2.06. The highest BCUT2D eigenvalue weighted by Gasteiger charge is 2.39. The predicted octanol–water partition coefficient (Wildman–Crippen LogP) is 1.35. The average Bonchev–Trinajstić information content (AvgIpc) is 3.28. The molecular formula is C15H21NO4. The van der Waals surface area contributed by atoms with Crippen LogP contribution >= 0.6 is 0 Å². The fraction of sp³-hybridized carbons (Fsp3) is 0.533. The first-order valence-corrected chi connectivity index (χ1v) is 6.78. The molecule has 1 amide bonds. The van der Waals surface area contributed by atoms with Crippen LogP contribution in [-0.4, -0.2) is 36.9 Å². The van der Waals surface area contributed by atoms with Gasteiger partial charge in [0.1, 0.15) is 0 Å². The van der Waals surface area contributed by atoms with Crippen LogP contribution in [0.5, 0.6) is 11.5 Å². The summed E-state index contributed by atoms with van der Waals surface area (Å²) in [6.07, 6.45) is 2.06. The number of benzene rings is 1. The lowest BCUT2D eigenvalue weighted by molar-refractivity contribution is -0.124. The lowest BCUT2D eigenvalue weighted by Gasteiger charge is -2.23. The Balaban J connectivity index is 1.77. The van der Waals surface area contributed by atoms with Crippen LogP contribution in [-0.2, 0) is 4.79 Å². The van der Waals surface area contributed by atoms with Gasteiger partial charge in [0, 0.05) is 6.54 Å². The quantitative estimate of drug-likeness (QED) is 0.790. The summed E-state index contributed by atoms with van der Waals surface area (Å²) < 4.78 is 10.5. The molecule has 1 atom stereocenters. The van der Waals surface area contributed by atoms with Gasteiger partial charge in [-0.15, -0.1) is 0 Å². The standard InChI is InChI=1S/C15H21NO4/c1-15(18,11-7-8-11)10-16-14(17)9-20-13-6-4-3-5-12(13)19-2/h3-6,11,18H,7-10H2,1-2H3,(H,16,17). The summed E-state index contributed by atoms with van der Waals surface area (Å²) in [5, 5.41) is 12.8. The van der Waals surface area contributed by atoms with Crippen molar-refractivity contribution in [2.24, 2.45) is 5.92 Å². The molecule has 2 rings (SSSR count). The molecule has 1 aromatic rings. The molecule has 1 aliphatic carbocycles. The zero-order chi connectivity index (χ0) is 14.6. The van der Waals surface area contributed by atoms with Gasteiger partial charge in [0.25, 0.3) is 5.91 Å². The Morgan fingerprint density at radius 2 is 2.05 bits per heavy atom. The van der Waals surface area contributed by atoms with E-state index in [1.54, 1.807) is 26.2 Å². The van der Waals surface area contributed by atoms with Gasteiger partial charge in [-0.1, -0.05) is 12.1 Å². The molecular weight excluding hydrogens is 258 g/mol. The van der Waals surface area contributed by atoms with E-state index in [9.17, 15) is 9.90 Å². The Labute approximate surface area is 118 Å². The summed E-state index contributed by atoms with van der Waals surface area (Å²) in [5.41, 5.74) is -0.819. The smallest absolute Gasteiger partial charge is 0.258 e. The Hall–Kier alpha value is -1.75. The zero-order valence-electron chi connectivity index (χ0n) is 11.9. The van der Waals surface area contributed by atoms with Gasteiger partial charge in [-0.05, 0) is 37.8 Å². The molecule has 1 aromatic carbocycles. The number of hydrogen-bond acceptors (Lipinski definition) is 4. The molecule has 20 heavy (non-hydrogen) atoms. The molecule has 5 heteroatoms. The number of nitrogens with one attached hydrogen (secondary N) is 1. The van der Waals surface area contributed by atoms with Gasteiger partial charge in [-0.2, -0.15) is 0 Å². The van der Waals surface area contributed by atoms with Crippen LogP contribution in [0.15, 0.2) is 24.3 Å². The number of amides is 1. The first-order chi connectivity index (χ1) is 9.53. The average molecular weight is 279 g/mol. The van der Waals surface area contributed by atoms with Crippen molar-refractivity contribution in [2.75, 3.05) is 20.3 Å². The van der Waals surface area contributed by atoms with Crippen LogP contribution in [0.2, 0.25) is 0 Å². The summed E-state index contributed by atoms with van der Waals surface area (Å²) in [4.78, 5) is 11.7. The number of methoxy groups -OCH3 is 1. The van der Waals surface area contributed by atoms with Crippen LogP contribution in [0.4, 0.5) is 0 Å². The molecule has 0 spiro atoms. The molecule has 0 heterocycles. The summed E-state index contributed by atoms with van der Waals surface area (Å²) >= 11 is 0. The van der Waals surface area contributed by atoms with E-state index in [-0.39, 0.29) is 19.1 Å². The van der Waals surface area contributed by atoms with Crippen molar-refractivity contribution < 1.29 is 19.4 Å². The van der Waals surface area contributed by atoms with Gasteiger partial charge in [0.15, 0.2) is 18.1 Å². The van der Waals surface area contributed by atoms with Crippen molar-refractivity contribution in [2.45, 2.75) is 25.4 Å². The van der Waals surface area contributed by atoms with Gasteiger partial charge in [-0.3, -0.25) is 4.79 Å². The van der Waals surface area contributed by atoms with Crippen LogP contribution in [0.1, 0.15) is 19.8 Å². The number of aliphatic hydroxyl groups is 1. The molecule has 1 saturated carbocycles. The molecule has 2 N–H and O–H groups in total. The molecule has 0 aromatic heterocycles. The number of rotatable bonds is 7. The van der Waals surface area contributed by atoms with Crippen molar-refractivity contribution in [1.29, 1.82) is 0 Å². The first kappa shape index (κ1) is 14.7. The molecule has 110 valence electrons. The minimum absolute atomic E-state index is 0.0961. The number of para-hydroxylation sites is 2. The van der Waals surface area contributed by atoms with Crippen LogP contribution in [0.25, 0.3) is 0 Å². The minimum Gasteiger partial charge on any atom is -0.493 e.